The molecule has 0 spiro atoms. The van der Waals surface area contributed by atoms with Crippen LogP contribution in [0.15, 0.2) is 306 Å². The van der Waals surface area contributed by atoms with Gasteiger partial charge in [0.05, 0.1) is 94.5 Å². The average molecular weight is 1950 g/mol. The summed E-state index contributed by atoms with van der Waals surface area (Å²) in [6, 6.07) is 66.9. The Morgan fingerprint density at radius 2 is 0.504 bits per heavy atom. The lowest BCUT2D eigenvalue weighted by Gasteiger charge is -2.15. The minimum atomic E-state index is -4.34. The van der Waals surface area contributed by atoms with E-state index in [1.54, 1.807) is 137 Å². The lowest BCUT2D eigenvalue weighted by Crippen LogP contribution is -2.17. The van der Waals surface area contributed by atoms with Crippen LogP contribution in [0, 0.1) is 85.7 Å². The Kier molecular flexibility index (Phi) is 37.2. The van der Waals surface area contributed by atoms with Crippen molar-refractivity contribution < 1.29 is 87.5 Å². The summed E-state index contributed by atoms with van der Waals surface area (Å²) in [6.07, 6.45) is 0. The lowest BCUT2D eigenvalue weighted by atomic mass is 10.2. The van der Waals surface area contributed by atoms with Gasteiger partial charge in [-0.15, -0.1) is 10.1 Å². The zero-order valence-electron chi connectivity index (χ0n) is 69.7. The molecule has 129 heavy (non-hydrogen) atoms. The monoisotopic (exact) mass is 1940 g/mol. The van der Waals surface area contributed by atoms with Crippen LogP contribution in [0.2, 0.25) is 0 Å². The molecule has 0 heterocycles. The maximum absolute atomic E-state index is 12.8. The van der Waals surface area contributed by atoms with E-state index in [0.717, 1.165) is 44.5 Å². The number of rotatable bonds is 23. The second-order valence-corrected chi connectivity index (χ2v) is 43.2. The van der Waals surface area contributed by atoms with Crippen LogP contribution < -0.4 is 51.3 Å². The Hall–Kier alpha value is -13.5. The van der Waals surface area contributed by atoms with Gasteiger partial charge in [0.2, 0.25) is 0 Å². The molecule has 0 aliphatic rings. The van der Waals surface area contributed by atoms with Crippen molar-refractivity contribution in [1.29, 1.82) is 0 Å². The minimum Gasteiger partial charge on any atom is -0.399 e. The molecule has 0 atom stereocenters. The summed E-state index contributed by atoms with van der Waals surface area (Å²) >= 11 is 0. The predicted molar refractivity (Wildman–Crippen MR) is 502 cm³/mol. The number of halogens is 1. The largest absolute Gasteiger partial charge is 0.399 e. The van der Waals surface area contributed by atoms with Crippen LogP contribution in [0.5, 0.6) is 0 Å². The van der Waals surface area contributed by atoms with Gasteiger partial charge in [-0.2, -0.15) is 0 Å². The van der Waals surface area contributed by atoms with Crippen molar-refractivity contribution >= 4 is 158 Å². The molecule has 36 nitrogen and oxygen atoms in total. The lowest BCUT2D eigenvalue weighted by molar-refractivity contribution is -0.742. The van der Waals surface area contributed by atoms with Crippen LogP contribution >= 0.6 is 10.7 Å². The highest BCUT2D eigenvalue weighted by Crippen LogP contribution is 2.39. The predicted octanol–water partition coefficient (Wildman–Crippen LogP) is 15.9. The second-order valence-electron chi connectivity index (χ2n) is 28.1. The third kappa shape index (κ3) is 32.7. The molecular weight excluding hydrogens is 1850 g/mol. The molecule has 0 saturated heterocycles. The van der Waals surface area contributed by atoms with Gasteiger partial charge >= 0.3 is 0 Å². The molecule has 0 unspecified atom stereocenters. The van der Waals surface area contributed by atoms with Crippen LogP contribution in [0.3, 0.4) is 0 Å². The summed E-state index contributed by atoms with van der Waals surface area (Å²) in [5.41, 5.74) is 28.8. The fourth-order valence-electron chi connectivity index (χ4n) is 10.3. The highest BCUT2D eigenvalue weighted by atomic mass is 35.7. The van der Waals surface area contributed by atoms with Crippen LogP contribution in [0.4, 0.5) is 68.2 Å². The smallest absolute Gasteiger partial charge is 0.300 e. The molecule has 0 amide bonds. The summed E-state index contributed by atoms with van der Waals surface area (Å²) in [4.78, 5) is 29.9. The van der Waals surface area contributed by atoms with Crippen LogP contribution in [0.25, 0.3) is 0 Å². The molecule has 0 aromatic heterocycles. The van der Waals surface area contributed by atoms with Gasteiger partial charge in [-0.25, -0.2) is 67.3 Å². The molecule has 0 saturated carbocycles. The molecule has 688 valence electrons. The van der Waals surface area contributed by atoms with E-state index in [0.29, 0.717) is 28.4 Å². The SMILES string of the molecule is C.Cc1ccc(S(=O)(=O)C(C)C)cc1.Cc1ccc(S(=O)(=O)Cl)cc1.Cc1ccc(S(=O)(=O)Nc2cc(NS(=O)(=O)c3ccc(C)cc3)c(N)cc2N)cc1.Cc1ccc(S(=O)(=O)Nc2cc(NS(=O)(=O)c3ccc(C)cc3)c([N+](=O)[O-])cc2[N+](=O)[O-])cc1.Cc1ccc(S(=O)(=O)Nc2cccc(NS(=O)(=O)c3ccc(C)cc3)c2)cc1.Nc1cccc(N)c1.O=[N+]([O-])O. The molecule has 12 aromatic rings. The van der Waals surface area contributed by atoms with Gasteiger partial charge in [0.25, 0.3) is 85.7 Å². The molecule has 15 N–H and O–H groups in total. The van der Waals surface area contributed by atoms with Crippen molar-refractivity contribution in [2.45, 2.75) is 121 Å². The summed E-state index contributed by atoms with van der Waals surface area (Å²) in [7, 11) is -25.6. The minimum absolute atomic E-state index is 0. The average Bonchev–Trinajstić information content (AvgIpc) is 0.776. The van der Waals surface area contributed by atoms with Gasteiger partial charge < -0.3 is 28.1 Å². The number of nitrogens with zero attached hydrogens (tertiary/aromatic N) is 3. The molecule has 0 aliphatic heterocycles. The summed E-state index contributed by atoms with van der Waals surface area (Å²) in [6.45, 7) is 18.1. The highest BCUT2D eigenvalue weighted by Gasteiger charge is 2.31. The third-order valence-corrected chi connectivity index (χ3v) is 29.1. The van der Waals surface area contributed by atoms with E-state index < -0.39 is 117 Å². The Balaban J connectivity index is 0.000000287. The topological polar surface area (TPSA) is 599 Å². The quantitative estimate of drug-likeness (QED) is 0.0123. The number of hydrogen-bond acceptors (Lipinski definition) is 26. The van der Waals surface area contributed by atoms with E-state index >= 15 is 0 Å². The van der Waals surface area contributed by atoms with Crippen molar-refractivity contribution in [2.75, 3.05) is 51.3 Å². The van der Waals surface area contributed by atoms with E-state index in [-0.39, 0.29) is 81.1 Å². The van der Waals surface area contributed by atoms with Gasteiger partial charge in [0.1, 0.15) is 11.4 Å². The van der Waals surface area contributed by atoms with Gasteiger partial charge in [-0.1, -0.05) is 161 Å². The summed E-state index contributed by atoms with van der Waals surface area (Å²) < 4.78 is 210. The van der Waals surface area contributed by atoms with Crippen molar-refractivity contribution in [3.05, 3.63) is 342 Å². The first-order valence-electron chi connectivity index (χ1n) is 37.0. The number of hydrogen-bond donors (Lipinski definition) is 11. The van der Waals surface area contributed by atoms with E-state index in [4.69, 9.17) is 48.9 Å². The number of sulfone groups is 1. The highest BCUT2D eigenvalue weighted by molar-refractivity contribution is 8.13. The number of nitrogens with two attached hydrogens (primary N) is 4. The van der Waals surface area contributed by atoms with Crippen molar-refractivity contribution in [3.63, 3.8) is 0 Å². The van der Waals surface area contributed by atoms with E-state index in [9.17, 15) is 87.6 Å². The Morgan fingerprint density at radius 3 is 0.721 bits per heavy atom. The van der Waals surface area contributed by atoms with Gasteiger partial charge in [-0.3, -0.25) is 48.6 Å². The number of nitro groups is 2. The first kappa shape index (κ1) is 106. The van der Waals surface area contributed by atoms with E-state index in [1.165, 1.54) is 127 Å². The van der Waals surface area contributed by atoms with Crippen LogP contribution in [-0.4, -0.2) is 92.7 Å². The van der Waals surface area contributed by atoms with Crippen molar-refractivity contribution in [2.24, 2.45) is 0 Å². The van der Waals surface area contributed by atoms with Crippen molar-refractivity contribution in [3.8, 4) is 0 Å². The van der Waals surface area contributed by atoms with Crippen molar-refractivity contribution in [1.82, 2.24) is 0 Å². The Labute approximate surface area is 753 Å². The van der Waals surface area contributed by atoms with E-state index in [2.05, 4.69) is 18.9 Å². The van der Waals surface area contributed by atoms with E-state index in [1.807, 2.05) is 69.2 Å². The number of nitro benzene ring substituents is 2. The maximum Gasteiger partial charge on any atom is 0.300 e. The second kappa shape index (κ2) is 45.3. The molecule has 0 aliphatic carbocycles. The normalized spacial score (nSPS) is 11.3. The molecule has 0 bridgehead atoms. The molecule has 0 fully saturated rings. The molecular formula is C84H94ClN13O23S8. The molecule has 0 radical (unpaired) electrons. The maximum atomic E-state index is 12.8. The molecule has 45 heteroatoms. The Morgan fingerprint density at radius 1 is 0.295 bits per heavy atom. The Bertz CT molecular complexity index is 6630. The number of nitrogens with one attached hydrogen (secondary N) is 6. The first-order chi connectivity index (χ1) is 59.4. The molecule has 12 rings (SSSR count). The summed E-state index contributed by atoms with van der Waals surface area (Å²) in [5.74, 6) is 0. The molecule has 12 aromatic carbocycles. The standard InChI is InChI=1S/C20H18N4O8S2.C20H22N4O4S2.C20H20N2O4S2.C10H14O2S.C7H7ClO2S.C6H8N2.CH4.HNO3/c1-13-3-7-15(8-4-13)33(29,30)21-17-11-18(20(24(27)28)12-19(17)23(25)26)22-34(31,32)16-9-5-14(2)6-10-16;1-13-3-7-15(8-4-13)29(25,26)23-19-12-20(18(22)11-17(19)21)24-30(27,28)16-9-5-14(2)6-10-16;1-15-6-10-19(11-7-15)27(23,24)21-17-4-3-5-18(14-17)22-28(25,26)20-12-8-16(2)9-13-20;1-8(2)13(11,12)10-6-4-9(3)5-7-10;1-6-2-4-7(5-3-6)11(8,9)10;7-5-2-1-3-6(8)4-5;;2-1(3)4/h3-12,21-22H,1-2H3;3-12,23-24H,21-22H2,1-2H3;3-14,21-22H,1-2H3;4-8H,1-3H3;2-5H,1H3;1-4H,7-8H2;1H4;(H,2,3,4). The van der Waals surface area contributed by atoms with Gasteiger partial charge in [0.15, 0.2) is 9.84 Å². The first-order valence-corrected chi connectivity index (χ1v) is 49.7. The number of nitrogen functional groups attached to an aromatic ring is 4. The number of benzene rings is 12. The fourth-order valence-corrected chi connectivity index (χ4v) is 18.5. The fraction of sp³-hybridized carbons (Fsp3) is 0.143. The van der Waals surface area contributed by atoms with Gasteiger partial charge in [0, 0.05) is 28.1 Å². The number of aryl methyl sites for hydroxylation is 8. The van der Waals surface area contributed by atoms with Crippen LogP contribution in [0.1, 0.15) is 65.8 Å². The zero-order chi connectivity index (χ0) is 95.8. The zero-order valence-corrected chi connectivity index (χ0v) is 77.0. The van der Waals surface area contributed by atoms with Gasteiger partial charge in [-0.05, 0) is 215 Å². The van der Waals surface area contributed by atoms with Crippen LogP contribution in [-0.2, 0) is 79.0 Å². The summed E-state index contributed by atoms with van der Waals surface area (Å²) in [5, 5.41) is 36.3. The number of sulfonamides is 6. The third-order valence-electron chi connectivity index (χ3n) is 17.2. The number of anilines is 10.